The Labute approximate surface area is 152 Å². The number of hydrogen-bond acceptors (Lipinski definition) is 5. The van der Waals surface area contributed by atoms with Crippen LogP contribution in [-0.2, 0) is 4.74 Å². The van der Waals surface area contributed by atoms with Crippen molar-refractivity contribution in [3.8, 4) is 0 Å². The first-order chi connectivity index (χ1) is 12.1. The van der Waals surface area contributed by atoms with Crippen LogP contribution in [0.1, 0.15) is 45.4 Å². The maximum Gasteiger partial charge on any atom is 0.344 e. The van der Waals surface area contributed by atoms with Crippen LogP contribution in [0.4, 0.5) is 9.59 Å². The van der Waals surface area contributed by atoms with E-state index >= 15 is 0 Å². The van der Waals surface area contributed by atoms with E-state index in [9.17, 15) is 9.59 Å². The van der Waals surface area contributed by atoms with E-state index in [0.29, 0.717) is 4.90 Å². The Morgan fingerprint density at radius 3 is 2.44 bits per heavy atom. The van der Waals surface area contributed by atoms with Gasteiger partial charge in [0, 0.05) is 4.90 Å². The number of carbonyl (C=O) groups excluding carboxylic acids is 2. The monoisotopic (exact) mass is 366 g/mol. The molecule has 7 nitrogen and oxygen atoms in total. The Kier molecular flexibility index (Phi) is 10.2. The maximum absolute atomic E-state index is 12.1. The summed E-state index contributed by atoms with van der Waals surface area (Å²) in [5, 5.41) is 7.77. The third-order valence-electron chi connectivity index (χ3n) is 3.36. The molecule has 0 heterocycles. The minimum absolute atomic E-state index is 0.272. The van der Waals surface area contributed by atoms with Gasteiger partial charge in [0.2, 0.25) is 0 Å². The molecule has 0 saturated carbocycles. The fourth-order valence-electron chi connectivity index (χ4n) is 2.04. The van der Waals surface area contributed by atoms with Gasteiger partial charge >= 0.3 is 18.1 Å². The summed E-state index contributed by atoms with van der Waals surface area (Å²) in [5.41, 5.74) is 5.19. The molecule has 0 unspecified atom stereocenters. The van der Waals surface area contributed by atoms with Crippen molar-refractivity contribution in [2.75, 3.05) is 6.61 Å². The molecule has 8 heteroatoms. The van der Waals surface area contributed by atoms with Crippen molar-refractivity contribution in [2.45, 2.75) is 50.3 Å². The van der Waals surface area contributed by atoms with Gasteiger partial charge in [0.25, 0.3) is 0 Å². The first kappa shape index (κ1) is 20.8. The van der Waals surface area contributed by atoms with E-state index in [4.69, 9.17) is 15.9 Å². The number of urea groups is 2. The summed E-state index contributed by atoms with van der Waals surface area (Å²) in [6, 6.07) is 6.69. The van der Waals surface area contributed by atoms with E-state index in [1.54, 1.807) is 12.1 Å². The normalized spacial score (nSPS) is 10.1. The van der Waals surface area contributed by atoms with Gasteiger partial charge in [-0.3, -0.25) is 10.1 Å². The summed E-state index contributed by atoms with van der Waals surface area (Å²) in [5.74, 6) is 0. The third-order valence-corrected chi connectivity index (χ3v) is 4.15. The van der Waals surface area contributed by atoms with E-state index in [2.05, 4.69) is 11.6 Å². The second kappa shape index (κ2) is 12.2. The number of ether oxygens (including phenoxy) is 1. The lowest BCUT2D eigenvalue weighted by Crippen LogP contribution is -2.48. The predicted molar refractivity (Wildman–Crippen MR) is 99.3 cm³/mol. The Morgan fingerprint density at radius 1 is 1.16 bits per heavy atom. The molecule has 0 aliphatic carbocycles. The number of benzene rings is 1. The van der Waals surface area contributed by atoms with E-state index in [1.165, 1.54) is 19.3 Å². The van der Waals surface area contributed by atoms with Crippen LogP contribution in [0.3, 0.4) is 0 Å². The molecule has 25 heavy (non-hydrogen) atoms. The van der Waals surface area contributed by atoms with Gasteiger partial charge in [-0.15, -0.1) is 0 Å². The number of primary amides is 1. The minimum Gasteiger partial charge on any atom is -0.465 e. The molecule has 1 rings (SSSR count). The van der Waals surface area contributed by atoms with Gasteiger partial charge < -0.3 is 10.5 Å². The zero-order valence-electron chi connectivity index (χ0n) is 14.5. The van der Waals surface area contributed by atoms with Crippen molar-refractivity contribution >= 4 is 30.0 Å². The van der Waals surface area contributed by atoms with Crippen LogP contribution < -0.4 is 10.5 Å². The Morgan fingerprint density at radius 2 is 1.80 bits per heavy atom. The predicted octanol–water partition coefficient (Wildman–Crippen LogP) is 4.10. The Bertz CT molecular complexity index is 554. The summed E-state index contributed by atoms with van der Waals surface area (Å²) in [6.45, 7) is 2.43. The second-order valence-corrected chi connectivity index (χ2v) is 6.30. The SMILES string of the molecule is CCCCCCCCOC(=N)N(C(N)=O)C(=O)NSc1ccccc1. The van der Waals surface area contributed by atoms with Crippen LogP contribution in [0.2, 0.25) is 0 Å². The summed E-state index contributed by atoms with van der Waals surface area (Å²) < 4.78 is 7.65. The van der Waals surface area contributed by atoms with E-state index in [-0.39, 0.29) is 6.61 Å². The summed E-state index contributed by atoms with van der Waals surface area (Å²) in [4.78, 5) is 24.8. The van der Waals surface area contributed by atoms with Gasteiger partial charge in [0.05, 0.1) is 6.61 Å². The van der Waals surface area contributed by atoms with Gasteiger partial charge in [-0.1, -0.05) is 57.2 Å². The van der Waals surface area contributed by atoms with Crippen molar-refractivity contribution in [1.29, 1.82) is 5.41 Å². The van der Waals surface area contributed by atoms with Crippen molar-refractivity contribution in [3.05, 3.63) is 30.3 Å². The first-order valence-electron chi connectivity index (χ1n) is 8.39. The van der Waals surface area contributed by atoms with Gasteiger partial charge in [-0.2, -0.15) is 4.90 Å². The van der Waals surface area contributed by atoms with E-state index < -0.39 is 18.1 Å². The van der Waals surface area contributed by atoms with Crippen LogP contribution in [0, 0.1) is 5.41 Å². The molecule has 0 saturated heterocycles. The number of amidine groups is 1. The minimum atomic E-state index is -1.06. The first-order valence-corrected chi connectivity index (χ1v) is 9.20. The van der Waals surface area contributed by atoms with Gasteiger partial charge in [-0.05, 0) is 30.5 Å². The molecule has 0 aliphatic rings. The van der Waals surface area contributed by atoms with Crippen LogP contribution in [0.25, 0.3) is 0 Å². The highest BCUT2D eigenvalue weighted by Crippen LogP contribution is 2.13. The molecule has 138 valence electrons. The van der Waals surface area contributed by atoms with Crippen molar-refractivity contribution < 1.29 is 14.3 Å². The maximum atomic E-state index is 12.1. The zero-order valence-corrected chi connectivity index (χ0v) is 15.3. The number of carbonyl (C=O) groups is 2. The van der Waals surface area contributed by atoms with Gasteiger partial charge in [0.15, 0.2) is 0 Å². The van der Waals surface area contributed by atoms with E-state index in [0.717, 1.165) is 36.1 Å². The number of nitrogens with zero attached hydrogens (tertiary/aromatic N) is 1. The zero-order chi connectivity index (χ0) is 18.5. The molecule has 1 aromatic rings. The molecule has 1 aromatic carbocycles. The molecule has 0 fully saturated rings. The largest absolute Gasteiger partial charge is 0.465 e. The highest BCUT2D eigenvalue weighted by atomic mass is 32.2. The Hall–Kier alpha value is -2.22. The van der Waals surface area contributed by atoms with Crippen LogP contribution in [0.5, 0.6) is 0 Å². The molecular weight excluding hydrogens is 340 g/mol. The summed E-state index contributed by atoms with van der Waals surface area (Å²) >= 11 is 1.03. The standard InChI is InChI=1S/C17H26N4O3S/c1-2-3-4-5-6-10-13-24-16(19)21(15(18)22)17(23)20-25-14-11-8-7-9-12-14/h7-9,11-12,19H,2-6,10,13H2,1H3,(H2,18,22)(H,20,23). The quantitative estimate of drug-likeness (QED) is 0.265. The molecule has 0 atom stereocenters. The molecule has 0 bridgehead atoms. The van der Waals surface area contributed by atoms with Crippen molar-refractivity contribution in [3.63, 3.8) is 0 Å². The molecule has 4 N–H and O–H groups in total. The molecular formula is C17H26N4O3S. The highest BCUT2D eigenvalue weighted by Gasteiger charge is 2.25. The fraction of sp³-hybridized carbons (Fsp3) is 0.471. The molecule has 0 spiro atoms. The van der Waals surface area contributed by atoms with Crippen LogP contribution >= 0.6 is 11.9 Å². The van der Waals surface area contributed by atoms with Crippen molar-refractivity contribution in [2.24, 2.45) is 5.73 Å². The lowest BCUT2D eigenvalue weighted by molar-refractivity contribution is 0.193. The lowest BCUT2D eigenvalue weighted by Gasteiger charge is -2.19. The molecule has 0 aromatic heterocycles. The summed E-state index contributed by atoms with van der Waals surface area (Å²) in [7, 11) is 0. The number of amides is 4. The topological polar surface area (TPSA) is 109 Å². The Balaban J connectivity index is 2.37. The fourth-order valence-corrected chi connectivity index (χ4v) is 2.63. The average Bonchev–Trinajstić information content (AvgIpc) is 2.60. The number of unbranched alkanes of at least 4 members (excludes halogenated alkanes) is 5. The molecule has 0 radical (unpaired) electrons. The van der Waals surface area contributed by atoms with Gasteiger partial charge in [0.1, 0.15) is 0 Å². The smallest absolute Gasteiger partial charge is 0.344 e. The van der Waals surface area contributed by atoms with Crippen LogP contribution in [0.15, 0.2) is 35.2 Å². The second-order valence-electron chi connectivity index (χ2n) is 5.42. The number of hydrogen-bond donors (Lipinski definition) is 3. The van der Waals surface area contributed by atoms with Gasteiger partial charge in [-0.25, -0.2) is 9.59 Å². The van der Waals surface area contributed by atoms with E-state index in [1.807, 2.05) is 18.2 Å². The number of nitrogens with two attached hydrogens (primary N) is 1. The number of nitrogens with one attached hydrogen (secondary N) is 2. The van der Waals surface area contributed by atoms with Crippen molar-refractivity contribution in [1.82, 2.24) is 9.62 Å². The molecule has 0 aliphatic heterocycles. The highest BCUT2D eigenvalue weighted by molar-refractivity contribution is 7.98. The number of rotatable bonds is 9. The molecule has 4 amide bonds. The lowest BCUT2D eigenvalue weighted by atomic mass is 10.1. The van der Waals surface area contributed by atoms with Crippen LogP contribution in [-0.4, -0.2) is 29.6 Å². The third kappa shape index (κ3) is 8.44. The average molecular weight is 366 g/mol. The summed E-state index contributed by atoms with van der Waals surface area (Å²) in [6.07, 6.45) is 6.44. The number of imide groups is 1.